The molecule has 1 atom stereocenters. The Labute approximate surface area is 114 Å². The highest BCUT2D eigenvalue weighted by molar-refractivity contribution is 6.35. The number of rotatable bonds is 2. The van der Waals surface area contributed by atoms with Gasteiger partial charge < -0.3 is 9.88 Å². The van der Waals surface area contributed by atoms with E-state index in [1.165, 1.54) is 0 Å². The second-order valence-corrected chi connectivity index (χ2v) is 4.98. The fraction of sp³-hybridized carbons (Fsp3) is 0.333. The lowest BCUT2D eigenvalue weighted by Gasteiger charge is -2.13. The van der Waals surface area contributed by atoms with E-state index >= 15 is 0 Å². The Morgan fingerprint density at radius 2 is 2.33 bits per heavy atom. The molecule has 4 nitrogen and oxygen atoms in total. The lowest BCUT2D eigenvalue weighted by Crippen LogP contribution is -2.16. The van der Waals surface area contributed by atoms with Crippen molar-refractivity contribution in [1.29, 1.82) is 0 Å². The number of carbonyl (C=O) groups excluding carboxylic acids is 1. The average molecular weight is 284 g/mol. The van der Waals surface area contributed by atoms with E-state index in [9.17, 15) is 4.79 Å². The number of fused-ring (bicyclic) bond motifs is 1. The van der Waals surface area contributed by atoms with E-state index in [0.29, 0.717) is 23.9 Å². The highest BCUT2D eigenvalue weighted by Gasteiger charge is 2.26. The van der Waals surface area contributed by atoms with Gasteiger partial charge in [0.25, 0.3) is 0 Å². The number of carbonyl (C=O) groups is 1. The summed E-state index contributed by atoms with van der Waals surface area (Å²) < 4.78 is 2.02. The van der Waals surface area contributed by atoms with E-state index in [0.717, 1.165) is 16.9 Å². The molecule has 1 amide bonds. The topological polar surface area (TPSA) is 46.9 Å². The fourth-order valence-corrected chi connectivity index (χ4v) is 2.81. The molecule has 1 fully saturated rings. The molecule has 94 valence electrons. The zero-order valence-electron chi connectivity index (χ0n) is 9.49. The van der Waals surface area contributed by atoms with E-state index in [4.69, 9.17) is 23.2 Å². The van der Waals surface area contributed by atoms with Crippen LogP contribution < -0.4 is 5.32 Å². The number of nitrogens with one attached hydrogen (secondary N) is 1. The maximum Gasteiger partial charge on any atom is 0.222 e. The summed E-state index contributed by atoms with van der Waals surface area (Å²) in [5.74, 6) is 1.11. The molecule has 3 rings (SSSR count). The zero-order valence-corrected chi connectivity index (χ0v) is 11.0. The van der Waals surface area contributed by atoms with Gasteiger partial charge in [-0.3, -0.25) is 4.79 Å². The molecule has 0 spiro atoms. The summed E-state index contributed by atoms with van der Waals surface area (Å²) in [5, 5.41) is 3.43. The predicted octanol–water partition coefficient (Wildman–Crippen LogP) is 2.49. The van der Waals surface area contributed by atoms with Crippen molar-refractivity contribution in [3.8, 4) is 0 Å². The molecule has 0 bridgehead atoms. The Bertz CT molecular complexity index is 623. The van der Waals surface area contributed by atoms with Crippen molar-refractivity contribution in [2.24, 2.45) is 0 Å². The van der Waals surface area contributed by atoms with Crippen molar-refractivity contribution in [1.82, 2.24) is 14.9 Å². The van der Waals surface area contributed by atoms with Crippen LogP contribution in [0.5, 0.6) is 0 Å². The van der Waals surface area contributed by atoms with Gasteiger partial charge in [-0.2, -0.15) is 0 Å². The Kier molecular flexibility index (Phi) is 2.92. The van der Waals surface area contributed by atoms with Crippen LogP contribution in [0.1, 0.15) is 18.3 Å². The number of alkyl halides is 1. The largest absolute Gasteiger partial charge is 0.354 e. The van der Waals surface area contributed by atoms with Crippen molar-refractivity contribution in [3.63, 3.8) is 0 Å². The van der Waals surface area contributed by atoms with Crippen molar-refractivity contribution >= 4 is 40.1 Å². The molecule has 18 heavy (non-hydrogen) atoms. The maximum absolute atomic E-state index is 11.3. The van der Waals surface area contributed by atoms with Crippen LogP contribution in [0.2, 0.25) is 5.02 Å². The normalized spacial score (nSPS) is 19.4. The van der Waals surface area contributed by atoms with Gasteiger partial charge in [-0.15, -0.1) is 11.6 Å². The number of aromatic nitrogens is 2. The summed E-state index contributed by atoms with van der Waals surface area (Å²) in [6.07, 6.45) is 0.460. The minimum absolute atomic E-state index is 0.0596. The monoisotopic (exact) mass is 283 g/mol. The number of benzene rings is 1. The van der Waals surface area contributed by atoms with Gasteiger partial charge in [0, 0.05) is 13.0 Å². The molecular weight excluding hydrogens is 273 g/mol. The molecule has 1 unspecified atom stereocenters. The molecule has 1 aliphatic rings. The van der Waals surface area contributed by atoms with Crippen LogP contribution in [-0.4, -0.2) is 22.0 Å². The van der Waals surface area contributed by atoms with Gasteiger partial charge in [-0.05, 0) is 12.1 Å². The molecule has 2 aromatic rings. The molecule has 1 aromatic heterocycles. The van der Waals surface area contributed by atoms with Gasteiger partial charge in [0.15, 0.2) is 0 Å². The van der Waals surface area contributed by atoms with Crippen molar-refractivity contribution in [2.45, 2.75) is 18.3 Å². The number of hydrogen-bond donors (Lipinski definition) is 1. The molecule has 6 heteroatoms. The Morgan fingerprint density at radius 3 is 3.00 bits per heavy atom. The fourth-order valence-electron chi connectivity index (χ4n) is 2.41. The van der Waals surface area contributed by atoms with Gasteiger partial charge in [-0.25, -0.2) is 4.98 Å². The third-order valence-electron chi connectivity index (χ3n) is 3.18. The van der Waals surface area contributed by atoms with E-state index in [1.54, 1.807) is 6.07 Å². The quantitative estimate of drug-likeness (QED) is 0.861. The van der Waals surface area contributed by atoms with Crippen LogP contribution >= 0.6 is 23.2 Å². The number of nitrogens with zero attached hydrogens (tertiary/aromatic N) is 2. The standard InChI is InChI=1S/C12H11Cl2N3O/c13-5-10-16-12-8(14)2-1-3-9(12)17(10)7-4-11(18)15-6-7/h1-3,7H,4-6H2,(H,15,18). The Balaban J connectivity index is 2.20. The number of amides is 1. The molecule has 1 N–H and O–H groups in total. The molecule has 0 saturated carbocycles. The van der Waals surface area contributed by atoms with Gasteiger partial charge in [0.05, 0.1) is 22.5 Å². The zero-order chi connectivity index (χ0) is 12.7. The summed E-state index contributed by atoms with van der Waals surface area (Å²) in [4.78, 5) is 15.8. The van der Waals surface area contributed by atoms with E-state index in [2.05, 4.69) is 10.3 Å². The number of halogens is 2. The molecule has 1 saturated heterocycles. The summed E-state index contributed by atoms with van der Waals surface area (Å²) in [6, 6.07) is 5.70. The first-order valence-corrected chi connectivity index (χ1v) is 6.60. The molecular formula is C12H11Cl2N3O. The van der Waals surface area contributed by atoms with Crippen LogP contribution in [0.25, 0.3) is 11.0 Å². The molecule has 0 radical (unpaired) electrons. The van der Waals surface area contributed by atoms with Gasteiger partial charge in [0.1, 0.15) is 11.3 Å². The predicted molar refractivity (Wildman–Crippen MR) is 71.0 cm³/mol. The van der Waals surface area contributed by atoms with Crippen LogP contribution in [-0.2, 0) is 10.7 Å². The first-order chi connectivity index (χ1) is 8.70. The third-order valence-corrected chi connectivity index (χ3v) is 3.73. The summed E-state index contributed by atoms with van der Waals surface area (Å²) >= 11 is 12.1. The van der Waals surface area contributed by atoms with Crippen LogP contribution in [0.15, 0.2) is 18.2 Å². The second-order valence-electron chi connectivity index (χ2n) is 4.30. The first-order valence-electron chi connectivity index (χ1n) is 5.68. The first kappa shape index (κ1) is 11.8. The van der Waals surface area contributed by atoms with Crippen molar-refractivity contribution in [2.75, 3.05) is 6.54 Å². The van der Waals surface area contributed by atoms with E-state index in [1.807, 2.05) is 16.7 Å². The van der Waals surface area contributed by atoms with Gasteiger partial charge in [0.2, 0.25) is 5.91 Å². The smallest absolute Gasteiger partial charge is 0.222 e. The lowest BCUT2D eigenvalue weighted by atomic mass is 10.2. The molecule has 1 aromatic carbocycles. The molecule has 0 aliphatic carbocycles. The number of imidazole rings is 1. The number of para-hydroxylation sites is 1. The summed E-state index contributed by atoms with van der Waals surface area (Å²) in [7, 11) is 0. The molecule has 2 heterocycles. The Hall–Kier alpha value is -1.26. The third kappa shape index (κ3) is 1.76. The second kappa shape index (κ2) is 4.44. The highest BCUT2D eigenvalue weighted by Crippen LogP contribution is 2.29. The van der Waals surface area contributed by atoms with Crippen molar-refractivity contribution in [3.05, 3.63) is 29.0 Å². The van der Waals surface area contributed by atoms with Crippen LogP contribution in [0.4, 0.5) is 0 Å². The van der Waals surface area contributed by atoms with Crippen molar-refractivity contribution < 1.29 is 4.79 Å². The van der Waals surface area contributed by atoms with Gasteiger partial charge >= 0.3 is 0 Å². The van der Waals surface area contributed by atoms with Crippen LogP contribution in [0, 0.1) is 0 Å². The highest BCUT2D eigenvalue weighted by atomic mass is 35.5. The average Bonchev–Trinajstić information content (AvgIpc) is 2.93. The van der Waals surface area contributed by atoms with E-state index < -0.39 is 0 Å². The summed E-state index contributed by atoms with van der Waals surface area (Å²) in [5.41, 5.74) is 1.67. The van der Waals surface area contributed by atoms with E-state index in [-0.39, 0.29) is 11.9 Å². The SMILES string of the molecule is O=C1CC(n2c(CCl)nc3c(Cl)cccc32)CN1. The van der Waals surface area contributed by atoms with Gasteiger partial charge in [-0.1, -0.05) is 17.7 Å². The lowest BCUT2D eigenvalue weighted by molar-refractivity contribution is -0.119. The minimum atomic E-state index is 0.0596. The molecule has 1 aliphatic heterocycles. The summed E-state index contributed by atoms with van der Waals surface area (Å²) in [6.45, 7) is 0.612. The maximum atomic E-state index is 11.3. The number of hydrogen-bond acceptors (Lipinski definition) is 2. The minimum Gasteiger partial charge on any atom is -0.354 e. The van der Waals surface area contributed by atoms with Crippen LogP contribution in [0.3, 0.4) is 0 Å². The Morgan fingerprint density at radius 1 is 1.50 bits per heavy atom.